The number of aromatic nitrogens is 2. The second-order valence-corrected chi connectivity index (χ2v) is 7.27. The van der Waals surface area contributed by atoms with Crippen LogP contribution in [-0.4, -0.2) is 46.0 Å². The SMILES string of the molecule is Cc1cccc(C2CC2)c1Oc1nnc(Cl)cc1C1CN(C(=O)O)CCO1. The molecule has 1 saturated carbocycles. The van der Waals surface area contributed by atoms with Gasteiger partial charge in [-0.05, 0) is 42.9 Å². The standard InChI is InChI=1S/C19H20ClN3O4/c1-11-3-2-4-13(12-5-6-12)17(11)27-18-14(9-16(20)21-22-18)15-10-23(19(24)25)7-8-26-15/h2-4,9,12,15H,5-8,10H2,1H3,(H,24,25). The summed E-state index contributed by atoms with van der Waals surface area (Å²) in [6.45, 7) is 2.82. The van der Waals surface area contributed by atoms with Crippen LogP contribution in [-0.2, 0) is 4.74 Å². The molecule has 0 spiro atoms. The lowest BCUT2D eigenvalue weighted by atomic mass is 10.1. The average Bonchev–Trinajstić information content (AvgIpc) is 3.50. The molecule has 1 saturated heterocycles. The molecule has 142 valence electrons. The lowest BCUT2D eigenvalue weighted by molar-refractivity contribution is -0.0243. The summed E-state index contributed by atoms with van der Waals surface area (Å²) in [5.74, 6) is 1.59. The molecule has 1 atom stereocenters. The van der Waals surface area contributed by atoms with Crippen molar-refractivity contribution in [1.82, 2.24) is 15.1 Å². The Hall–Kier alpha value is -2.38. The van der Waals surface area contributed by atoms with Gasteiger partial charge in [-0.3, -0.25) is 0 Å². The van der Waals surface area contributed by atoms with E-state index in [4.69, 9.17) is 21.1 Å². The van der Waals surface area contributed by atoms with E-state index in [0.29, 0.717) is 30.5 Å². The van der Waals surface area contributed by atoms with Crippen molar-refractivity contribution in [2.75, 3.05) is 19.7 Å². The number of morpholine rings is 1. The zero-order chi connectivity index (χ0) is 19.0. The van der Waals surface area contributed by atoms with E-state index in [1.165, 1.54) is 4.90 Å². The molecule has 1 aromatic heterocycles. The third-order valence-electron chi connectivity index (χ3n) is 4.90. The molecule has 2 aromatic rings. The molecule has 1 aliphatic heterocycles. The fourth-order valence-corrected chi connectivity index (χ4v) is 3.47. The predicted octanol–water partition coefficient (Wildman–Crippen LogP) is 4.16. The summed E-state index contributed by atoms with van der Waals surface area (Å²) in [5.41, 5.74) is 2.78. The summed E-state index contributed by atoms with van der Waals surface area (Å²) in [6, 6.07) is 7.73. The van der Waals surface area contributed by atoms with Crippen molar-refractivity contribution in [1.29, 1.82) is 0 Å². The smallest absolute Gasteiger partial charge is 0.407 e. The minimum absolute atomic E-state index is 0.191. The van der Waals surface area contributed by atoms with Crippen molar-refractivity contribution >= 4 is 17.7 Å². The Kier molecular flexibility index (Phi) is 4.88. The number of benzene rings is 1. The van der Waals surface area contributed by atoms with Crippen LogP contribution in [0.4, 0.5) is 4.79 Å². The number of hydrogen-bond donors (Lipinski definition) is 1. The van der Waals surface area contributed by atoms with Crippen LogP contribution in [0, 0.1) is 6.92 Å². The molecule has 0 radical (unpaired) electrons. The number of nitrogens with zero attached hydrogens (tertiary/aromatic N) is 3. The first-order valence-corrected chi connectivity index (χ1v) is 9.30. The van der Waals surface area contributed by atoms with Gasteiger partial charge in [-0.1, -0.05) is 29.8 Å². The number of carbonyl (C=O) groups is 1. The highest BCUT2D eigenvalue weighted by atomic mass is 35.5. The van der Waals surface area contributed by atoms with Crippen molar-refractivity contribution < 1.29 is 19.4 Å². The first kappa shape index (κ1) is 18.0. The quantitative estimate of drug-likeness (QED) is 0.845. The maximum Gasteiger partial charge on any atom is 0.407 e. The van der Waals surface area contributed by atoms with Crippen molar-refractivity contribution in [3.8, 4) is 11.6 Å². The van der Waals surface area contributed by atoms with E-state index >= 15 is 0 Å². The molecule has 2 aliphatic rings. The molecule has 7 nitrogen and oxygen atoms in total. The molecule has 27 heavy (non-hydrogen) atoms. The molecule has 1 N–H and O–H groups in total. The molecule has 2 heterocycles. The van der Waals surface area contributed by atoms with Gasteiger partial charge in [0.1, 0.15) is 11.9 Å². The van der Waals surface area contributed by atoms with Crippen molar-refractivity contribution in [2.45, 2.75) is 31.8 Å². The zero-order valence-corrected chi connectivity index (χ0v) is 15.6. The van der Waals surface area contributed by atoms with Crippen LogP contribution in [0.3, 0.4) is 0 Å². The maximum atomic E-state index is 11.3. The zero-order valence-electron chi connectivity index (χ0n) is 14.9. The lowest BCUT2D eigenvalue weighted by Gasteiger charge is -2.31. The summed E-state index contributed by atoms with van der Waals surface area (Å²) in [6.07, 6.45) is 0.816. The Balaban J connectivity index is 1.68. The minimum atomic E-state index is -0.978. The summed E-state index contributed by atoms with van der Waals surface area (Å²) in [5, 5.41) is 17.5. The summed E-state index contributed by atoms with van der Waals surface area (Å²) >= 11 is 6.05. The monoisotopic (exact) mass is 389 g/mol. The van der Waals surface area contributed by atoms with E-state index in [1.807, 2.05) is 19.1 Å². The first-order valence-electron chi connectivity index (χ1n) is 8.93. The van der Waals surface area contributed by atoms with Gasteiger partial charge >= 0.3 is 6.09 Å². The molecule has 0 bridgehead atoms. The second kappa shape index (κ2) is 7.32. The number of amides is 1. The van der Waals surface area contributed by atoms with Crippen LogP contribution >= 0.6 is 11.6 Å². The van der Waals surface area contributed by atoms with Crippen molar-refractivity contribution in [2.24, 2.45) is 0 Å². The number of hydrogen-bond acceptors (Lipinski definition) is 5. The number of halogens is 1. The number of rotatable bonds is 4. The van der Waals surface area contributed by atoms with Crippen LogP contribution in [0.25, 0.3) is 0 Å². The number of ether oxygens (including phenoxy) is 2. The Morgan fingerprint density at radius 2 is 2.15 bits per heavy atom. The highest BCUT2D eigenvalue weighted by molar-refractivity contribution is 6.29. The van der Waals surface area contributed by atoms with Crippen LogP contribution in [0.1, 0.15) is 41.6 Å². The highest BCUT2D eigenvalue weighted by Gasteiger charge is 2.31. The molecule has 1 aromatic carbocycles. The fraction of sp³-hybridized carbons (Fsp3) is 0.421. The van der Waals surface area contributed by atoms with E-state index in [-0.39, 0.29) is 11.7 Å². The molecule has 8 heteroatoms. The molecule has 1 amide bonds. The lowest BCUT2D eigenvalue weighted by Crippen LogP contribution is -2.41. The Morgan fingerprint density at radius 1 is 1.33 bits per heavy atom. The van der Waals surface area contributed by atoms with E-state index in [1.54, 1.807) is 6.07 Å². The first-order chi connectivity index (χ1) is 13.0. The van der Waals surface area contributed by atoms with Crippen molar-refractivity contribution in [3.63, 3.8) is 0 Å². The van der Waals surface area contributed by atoms with Crippen LogP contribution in [0.15, 0.2) is 24.3 Å². The van der Waals surface area contributed by atoms with Gasteiger partial charge in [-0.25, -0.2) is 4.79 Å². The van der Waals surface area contributed by atoms with Crippen LogP contribution in [0.2, 0.25) is 5.15 Å². The van der Waals surface area contributed by atoms with Gasteiger partial charge in [0.2, 0.25) is 5.88 Å². The van der Waals surface area contributed by atoms with Crippen LogP contribution < -0.4 is 4.74 Å². The van der Waals surface area contributed by atoms with Gasteiger partial charge in [0.25, 0.3) is 0 Å². The minimum Gasteiger partial charge on any atom is -0.465 e. The molecular weight excluding hydrogens is 370 g/mol. The topological polar surface area (TPSA) is 84.8 Å². The Morgan fingerprint density at radius 3 is 2.89 bits per heavy atom. The normalized spacial score (nSPS) is 19.8. The van der Waals surface area contributed by atoms with E-state index < -0.39 is 12.2 Å². The average molecular weight is 390 g/mol. The Labute approximate surface area is 161 Å². The van der Waals surface area contributed by atoms with E-state index in [9.17, 15) is 9.90 Å². The molecule has 2 fully saturated rings. The molecule has 1 aliphatic carbocycles. The number of carboxylic acid groups (broad SMARTS) is 1. The number of aryl methyl sites for hydroxylation is 1. The Bertz CT molecular complexity index is 872. The second-order valence-electron chi connectivity index (χ2n) is 6.89. The van der Waals surface area contributed by atoms with E-state index in [2.05, 4.69) is 16.3 Å². The molecule has 4 rings (SSSR count). The predicted molar refractivity (Wildman–Crippen MR) is 98.6 cm³/mol. The summed E-state index contributed by atoms with van der Waals surface area (Å²) < 4.78 is 12.0. The molecular formula is C19H20ClN3O4. The molecule has 1 unspecified atom stereocenters. The number of para-hydroxylation sites is 1. The maximum absolute atomic E-state index is 11.3. The van der Waals surface area contributed by atoms with Gasteiger partial charge in [-0.2, -0.15) is 0 Å². The fourth-order valence-electron chi connectivity index (χ4n) is 3.32. The van der Waals surface area contributed by atoms with E-state index in [0.717, 1.165) is 29.7 Å². The third-order valence-corrected chi connectivity index (χ3v) is 5.08. The highest BCUT2D eigenvalue weighted by Crippen LogP contribution is 2.46. The van der Waals surface area contributed by atoms with Gasteiger partial charge in [0.15, 0.2) is 5.15 Å². The van der Waals surface area contributed by atoms with Gasteiger partial charge in [0.05, 0.1) is 13.2 Å². The largest absolute Gasteiger partial charge is 0.465 e. The van der Waals surface area contributed by atoms with Crippen LogP contribution in [0.5, 0.6) is 11.6 Å². The van der Waals surface area contributed by atoms with Crippen molar-refractivity contribution in [3.05, 3.63) is 46.1 Å². The summed E-state index contributed by atoms with van der Waals surface area (Å²) in [7, 11) is 0. The van der Waals surface area contributed by atoms with Gasteiger partial charge < -0.3 is 19.5 Å². The summed E-state index contributed by atoms with van der Waals surface area (Å²) in [4.78, 5) is 12.6. The third kappa shape index (κ3) is 3.84. The van der Waals surface area contributed by atoms with Gasteiger partial charge in [-0.15, -0.1) is 10.2 Å². The van der Waals surface area contributed by atoms with Gasteiger partial charge in [0, 0.05) is 12.1 Å².